The molecule has 3 aromatic carbocycles. The number of halogens is 1. The Hall–Kier alpha value is -2.76. The van der Waals surface area contributed by atoms with Crippen LogP contribution in [-0.2, 0) is 0 Å². The molecule has 0 bridgehead atoms. The number of nitrogens with zero attached hydrogens (tertiary/aromatic N) is 2. The minimum atomic E-state index is -0.375. The number of hydrogen-bond donors (Lipinski definition) is 0. The van der Waals surface area contributed by atoms with Gasteiger partial charge in [0, 0.05) is 23.2 Å². The summed E-state index contributed by atoms with van der Waals surface area (Å²) in [5, 5.41) is 10.9. The summed E-state index contributed by atoms with van der Waals surface area (Å²) in [6.45, 7) is 0.779. The molecule has 3 rings (SSSR count). The summed E-state index contributed by atoms with van der Waals surface area (Å²) in [5.41, 5.74) is 5.50. The minimum Gasteiger partial charge on any atom is -0.306 e. The minimum absolute atomic E-state index is 0.0984. The number of nitro groups is 1. The molecule has 0 N–H and O–H groups in total. The first kappa shape index (κ1) is 20.0. The van der Waals surface area contributed by atoms with E-state index in [1.165, 1.54) is 0 Å². The molecule has 4 nitrogen and oxygen atoms in total. The third-order valence-electron chi connectivity index (χ3n) is 4.42. The van der Waals surface area contributed by atoms with Gasteiger partial charge in [0.25, 0.3) is 5.69 Å². The first-order valence-corrected chi connectivity index (χ1v) is 9.69. The fourth-order valence-electron chi connectivity index (χ4n) is 2.92. The molecule has 0 aliphatic rings. The van der Waals surface area contributed by atoms with Crippen LogP contribution in [0.3, 0.4) is 0 Å². The fraction of sp³-hybridized carbons (Fsp3) is 0.130. The highest BCUT2D eigenvalue weighted by molar-refractivity contribution is 9.10. The lowest BCUT2D eigenvalue weighted by molar-refractivity contribution is -0.384. The van der Waals surface area contributed by atoms with Gasteiger partial charge in [-0.2, -0.15) is 0 Å². The molecule has 5 heteroatoms. The van der Waals surface area contributed by atoms with E-state index >= 15 is 0 Å². The molecular formula is C23H21BrN2O2. The van der Waals surface area contributed by atoms with Crippen LogP contribution < -0.4 is 0 Å². The molecular weight excluding hydrogens is 416 g/mol. The number of nitro benzene ring substituents is 1. The Labute approximate surface area is 173 Å². The van der Waals surface area contributed by atoms with Crippen molar-refractivity contribution < 1.29 is 4.92 Å². The Balaban J connectivity index is 1.95. The van der Waals surface area contributed by atoms with Crippen LogP contribution in [0, 0.1) is 10.1 Å². The second-order valence-corrected chi connectivity index (χ2v) is 7.68. The molecule has 0 fully saturated rings. The molecule has 0 aliphatic heterocycles. The average molecular weight is 437 g/mol. The lowest BCUT2D eigenvalue weighted by Crippen LogP contribution is -2.11. The zero-order valence-electron chi connectivity index (χ0n) is 15.8. The van der Waals surface area contributed by atoms with Crippen molar-refractivity contribution in [2.24, 2.45) is 0 Å². The molecule has 0 saturated carbocycles. The summed E-state index contributed by atoms with van der Waals surface area (Å²) in [4.78, 5) is 12.7. The van der Waals surface area contributed by atoms with E-state index in [0.717, 1.165) is 38.8 Å². The highest BCUT2D eigenvalue weighted by Gasteiger charge is 2.09. The van der Waals surface area contributed by atoms with Gasteiger partial charge in [0.15, 0.2) is 0 Å². The van der Waals surface area contributed by atoms with Gasteiger partial charge >= 0.3 is 0 Å². The van der Waals surface area contributed by atoms with E-state index in [4.69, 9.17) is 0 Å². The number of hydrogen-bond acceptors (Lipinski definition) is 3. The Morgan fingerprint density at radius 2 is 1.36 bits per heavy atom. The molecule has 0 radical (unpaired) electrons. The Morgan fingerprint density at radius 1 is 0.893 bits per heavy atom. The van der Waals surface area contributed by atoms with E-state index in [-0.39, 0.29) is 10.6 Å². The molecule has 28 heavy (non-hydrogen) atoms. The highest BCUT2D eigenvalue weighted by atomic mass is 79.9. The summed E-state index contributed by atoms with van der Waals surface area (Å²) < 4.78 is 1.06. The van der Waals surface area contributed by atoms with Crippen molar-refractivity contribution in [1.29, 1.82) is 0 Å². The second-order valence-electron chi connectivity index (χ2n) is 6.77. The topological polar surface area (TPSA) is 46.4 Å². The molecule has 0 atom stereocenters. The Bertz CT molecular complexity index is 977. The van der Waals surface area contributed by atoms with E-state index in [2.05, 4.69) is 63.3 Å². The highest BCUT2D eigenvalue weighted by Crippen LogP contribution is 2.28. The first-order chi connectivity index (χ1) is 13.4. The summed E-state index contributed by atoms with van der Waals surface area (Å²) in [5.74, 6) is 0. The number of rotatable bonds is 6. The maximum Gasteiger partial charge on any atom is 0.269 e. The van der Waals surface area contributed by atoms with Crippen molar-refractivity contribution in [3.8, 4) is 11.1 Å². The van der Waals surface area contributed by atoms with Crippen LogP contribution >= 0.6 is 15.9 Å². The smallest absolute Gasteiger partial charge is 0.269 e. The van der Waals surface area contributed by atoms with Crippen LogP contribution in [0.25, 0.3) is 16.7 Å². The Kier molecular flexibility index (Phi) is 6.39. The van der Waals surface area contributed by atoms with Crippen molar-refractivity contribution in [3.05, 3.63) is 105 Å². The van der Waals surface area contributed by atoms with Crippen molar-refractivity contribution in [3.63, 3.8) is 0 Å². The molecule has 3 aromatic rings. The lowest BCUT2D eigenvalue weighted by atomic mass is 9.95. The molecule has 0 spiro atoms. The maximum absolute atomic E-state index is 10.9. The quantitative estimate of drug-likeness (QED) is 0.350. The molecule has 0 aromatic heterocycles. The molecule has 0 aliphatic carbocycles. The van der Waals surface area contributed by atoms with E-state index in [0.29, 0.717) is 0 Å². The van der Waals surface area contributed by atoms with Gasteiger partial charge in [-0.05, 0) is 66.2 Å². The average Bonchev–Trinajstić information content (AvgIpc) is 2.69. The molecule has 0 amide bonds. The van der Waals surface area contributed by atoms with Crippen molar-refractivity contribution in [2.45, 2.75) is 0 Å². The van der Waals surface area contributed by atoms with Gasteiger partial charge in [-0.1, -0.05) is 58.4 Å². The van der Waals surface area contributed by atoms with E-state index in [1.54, 1.807) is 12.1 Å². The molecule has 142 valence electrons. The Morgan fingerprint density at radius 3 is 1.82 bits per heavy atom. The van der Waals surface area contributed by atoms with Gasteiger partial charge in [0.2, 0.25) is 0 Å². The predicted molar refractivity (Wildman–Crippen MR) is 118 cm³/mol. The third-order valence-corrected chi connectivity index (χ3v) is 4.95. The maximum atomic E-state index is 10.9. The standard InChI is InChI=1S/C23H21BrN2O2/c1-25(2)16-15-23(20-9-13-22(14-10-20)26(27)28)19-5-3-17(4-6-19)18-7-11-21(24)12-8-18/h3-15H,16H2,1-2H3/b23-15-. The van der Waals surface area contributed by atoms with Crippen LogP contribution in [-0.4, -0.2) is 30.5 Å². The van der Waals surface area contributed by atoms with Gasteiger partial charge in [-0.25, -0.2) is 0 Å². The molecule has 0 saturated heterocycles. The zero-order chi connectivity index (χ0) is 20.1. The summed E-state index contributed by atoms with van der Waals surface area (Å²) in [6, 6.07) is 23.3. The van der Waals surface area contributed by atoms with Crippen LogP contribution in [0.5, 0.6) is 0 Å². The monoisotopic (exact) mass is 436 g/mol. The van der Waals surface area contributed by atoms with Crippen LogP contribution in [0.15, 0.2) is 83.3 Å². The van der Waals surface area contributed by atoms with E-state index in [9.17, 15) is 10.1 Å². The SMILES string of the molecule is CN(C)C/C=C(/c1ccc(-c2ccc(Br)cc2)cc1)c1ccc([N+](=O)[O-])cc1. The predicted octanol–water partition coefficient (Wildman–Crippen LogP) is 6.02. The first-order valence-electron chi connectivity index (χ1n) is 8.90. The fourth-order valence-corrected chi connectivity index (χ4v) is 3.19. The number of non-ortho nitro benzene ring substituents is 1. The molecule has 0 heterocycles. The van der Waals surface area contributed by atoms with Crippen molar-refractivity contribution in [1.82, 2.24) is 4.90 Å². The largest absolute Gasteiger partial charge is 0.306 e. The van der Waals surface area contributed by atoms with Crippen molar-refractivity contribution >= 4 is 27.2 Å². The van der Waals surface area contributed by atoms with Crippen LogP contribution in [0.1, 0.15) is 11.1 Å². The second kappa shape index (κ2) is 8.95. The number of likely N-dealkylation sites (N-methyl/N-ethyl adjacent to an activating group) is 1. The third kappa shape index (κ3) is 4.94. The van der Waals surface area contributed by atoms with E-state index in [1.807, 2.05) is 38.4 Å². The molecule has 0 unspecified atom stereocenters. The number of benzene rings is 3. The van der Waals surface area contributed by atoms with Gasteiger partial charge in [0.05, 0.1) is 4.92 Å². The van der Waals surface area contributed by atoms with Gasteiger partial charge in [-0.15, -0.1) is 0 Å². The zero-order valence-corrected chi connectivity index (χ0v) is 17.4. The van der Waals surface area contributed by atoms with E-state index < -0.39 is 0 Å². The normalized spacial score (nSPS) is 11.6. The summed E-state index contributed by atoms with van der Waals surface area (Å²) in [7, 11) is 4.03. The van der Waals surface area contributed by atoms with Gasteiger partial charge < -0.3 is 4.90 Å². The lowest BCUT2D eigenvalue weighted by Gasteiger charge is -2.12. The summed E-state index contributed by atoms with van der Waals surface area (Å²) >= 11 is 3.46. The van der Waals surface area contributed by atoms with Gasteiger partial charge in [0.1, 0.15) is 0 Å². The van der Waals surface area contributed by atoms with Gasteiger partial charge in [-0.3, -0.25) is 10.1 Å². The summed E-state index contributed by atoms with van der Waals surface area (Å²) in [6.07, 6.45) is 2.15. The van der Waals surface area contributed by atoms with Crippen molar-refractivity contribution in [2.75, 3.05) is 20.6 Å². The van der Waals surface area contributed by atoms with Crippen LogP contribution in [0.4, 0.5) is 5.69 Å². The van der Waals surface area contributed by atoms with Crippen LogP contribution in [0.2, 0.25) is 0 Å².